The van der Waals surface area contributed by atoms with Crippen LogP contribution in [-0.2, 0) is 6.42 Å². The van der Waals surface area contributed by atoms with Crippen LogP contribution in [0.25, 0.3) is 0 Å². The molecule has 0 aliphatic carbocycles. The summed E-state index contributed by atoms with van der Waals surface area (Å²) in [7, 11) is 2.18. The third kappa shape index (κ3) is 4.66. The number of carbonyl (C=O) groups excluding carboxylic acids is 1. The Bertz CT molecular complexity index is 575. The number of fused-ring (bicyclic) bond motifs is 1. The Kier molecular flexibility index (Phi) is 5.84. The summed E-state index contributed by atoms with van der Waals surface area (Å²) in [6.07, 6.45) is 5.26. The maximum Gasteiger partial charge on any atom is 0.317 e. The summed E-state index contributed by atoms with van der Waals surface area (Å²) in [5.41, 5.74) is 1.19. The van der Waals surface area contributed by atoms with Gasteiger partial charge in [-0.2, -0.15) is 0 Å². The van der Waals surface area contributed by atoms with E-state index in [1.165, 1.54) is 12.0 Å². The van der Waals surface area contributed by atoms with Crippen molar-refractivity contribution in [3.8, 4) is 5.75 Å². The summed E-state index contributed by atoms with van der Waals surface area (Å²) >= 11 is 0. The number of hydrogen-bond acceptors (Lipinski definition) is 3. The fourth-order valence-corrected chi connectivity index (χ4v) is 4.25. The van der Waals surface area contributed by atoms with E-state index >= 15 is 0 Å². The molecule has 0 unspecified atom stereocenters. The normalized spacial score (nSPS) is 25.3. The zero-order valence-corrected chi connectivity index (χ0v) is 15.4. The Morgan fingerprint density at radius 3 is 2.80 bits per heavy atom. The van der Waals surface area contributed by atoms with Gasteiger partial charge in [-0.25, -0.2) is 4.79 Å². The summed E-state index contributed by atoms with van der Waals surface area (Å²) in [6, 6.07) is 7.98. The summed E-state index contributed by atoms with van der Waals surface area (Å²) < 4.78 is 0. The van der Waals surface area contributed by atoms with E-state index in [4.69, 9.17) is 0 Å². The van der Waals surface area contributed by atoms with E-state index in [1.807, 2.05) is 12.1 Å². The lowest BCUT2D eigenvalue weighted by Gasteiger charge is -2.46. The quantitative estimate of drug-likeness (QED) is 0.882. The van der Waals surface area contributed by atoms with Crippen LogP contribution in [-0.4, -0.2) is 59.7 Å². The van der Waals surface area contributed by atoms with Gasteiger partial charge in [0.2, 0.25) is 0 Å². The fourth-order valence-electron chi connectivity index (χ4n) is 4.25. The van der Waals surface area contributed by atoms with Crippen LogP contribution in [0.2, 0.25) is 0 Å². The topological polar surface area (TPSA) is 55.8 Å². The highest BCUT2D eigenvalue weighted by atomic mass is 16.3. The van der Waals surface area contributed by atoms with Crippen molar-refractivity contribution >= 4 is 6.03 Å². The van der Waals surface area contributed by atoms with Crippen LogP contribution in [0.4, 0.5) is 4.79 Å². The minimum atomic E-state index is 0.109. The Morgan fingerprint density at radius 2 is 2.04 bits per heavy atom. The van der Waals surface area contributed by atoms with E-state index in [1.54, 1.807) is 12.1 Å². The zero-order valence-electron chi connectivity index (χ0n) is 15.4. The Labute approximate surface area is 151 Å². The van der Waals surface area contributed by atoms with E-state index in [2.05, 4.69) is 29.1 Å². The summed E-state index contributed by atoms with van der Waals surface area (Å²) in [5.74, 6) is 0.924. The summed E-state index contributed by atoms with van der Waals surface area (Å²) in [4.78, 5) is 17.3. The van der Waals surface area contributed by atoms with Gasteiger partial charge in [-0.15, -0.1) is 0 Å². The van der Waals surface area contributed by atoms with Crippen molar-refractivity contribution in [3.63, 3.8) is 0 Å². The number of nitrogens with one attached hydrogen (secondary N) is 1. The van der Waals surface area contributed by atoms with Gasteiger partial charge >= 0.3 is 6.03 Å². The average Bonchev–Trinajstić information content (AvgIpc) is 2.60. The number of phenols is 1. The zero-order chi connectivity index (χ0) is 17.8. The highest BCUT2D eigenvalue weighted by Crippen LogP contribution is 2.30. The lowest BCUT2D eigenvalue weighted by Crippen LogP contribution is -2.58. The second-order valence-corrected chi connectivity index (χ2v) is 7.77. The molecule has 0 saturated carbocycles. The highest BCUT2D eigenvalue weighted by molar-refractivity contribution is 5.75. The Balaban J connectivity index is 1.49. The van der Waals surface area contributed by atoms with Gasteiger partial charge in [0, 0.05) is 25.2 Å². The van der Waals surface area contributed by atoms with Crippen molar-refractivity contribution in [2.75, 3.05) is 26.7 Å². The molecular weight excluding hydrogens is 314 g/mol. The van der Waals surface area contributed by atoms with Crippen molar-refractivity contribution in [1.29, 1.82) is 0 Å². The van der Waals surface area contributed by atoms with Gasteiger partial charge in [0.25, 0.3) is 0 Å². The highest BCUT2D eigenvalue weighted by Gasteiger charge is 2.37. The van der Waals surface area contributed by atoms with Crippen LogP contribution in [0.1, 0.15) is 38.2 Å². The van der Waals surface area contributed by atoms with Crippen LogP contribution < -0.4 is 5.32 Å². The predicted octanol–water partition coefficient (Wildman–Crippen LogP) is 2.84. The van der Waals surface area contributed by atoms with Crippen molar-refractivity contribution in [2.45, 2.75) is 51.1 Å². The number of hydrogen-bond donors (Lipinski definition) is 2. The van der Waals surface area contributed by atoms with Gasteiger partial charge < -0.3 is 20.2 Å². The van der Waals surface area contributed by atoms with Crippen LogP contribution in [0, 0.1) is 5.92 Å². The summed E-state index contributed by atoms with van der Waals surface area (Å²) in [5, 5.41) is 12.5. The molecule has 3 atom stereocenters. The first-order valence-corrected chi connectivity index (χ1v) is 9.56. The number of amides is 2. The molecule has 2 heterocycles. The number of carbonyl (C=O) groups is 1. The summed E-state index contributed by atoms with van der Waals surface area (Å²) in [6.45, 7) is 5.17. The van der Waals surface area contributed by atoms with E-state index in [9.17, 15) is 9.90 Å². The number of aromatic hydroxyl groups is 1. The molecule has 2 aliphatic heterocycles. The van der Waals surface area contributed by atoms with Crippen molar-refractivity contribution in [2.24, 2.45) is 5.92 Å². The first-order valence-electron chi connectivity index (χ1n) is 9.56. The molecule has 2 amide bonds. The predicted molar refractivity (Wildman–Crippen MR) is 99.8 cm³/mol. The molecule has 25 heavy (non-hydrogen) atoms. The molecule has 0 aromatic heterocycles. The molecule has 1 aromatic rings. The van der Waals surface area contributed by atoms with Gasteiger partial charge in [0.15, 0.2) is 0 Å². The molecule has 0 spiro atoms. The number of rotatable bonds is 4. The van der Waals surface area contributed by atoms with Gasteiger partial charge in [0.05, 0.1) is 0 Å². The molecule has 2 fully saturated rings. The van der Waals surface area contributed by atoms with Gasteiger partial charge in [-0.1, -0.05) is 12.1 Å². The van der Waals surface area contributed by atoms with Crippen molar-refractivity contribution in [1.82, 2.24) is 15.1 Å². The fraction of sp³-hybridized carbons (Fsp3) is 0.650. The molecule has 0 radical (unpaired) electrons. The first-order chi connectivity index (χ1) is 12.0. The molecule has 2 aliphatic rings. The largest absolute Gasteiger partial charge is 0.508 e. The Hall–Kier alpha value is -1.75. The molecule has 138 valence electrons. The number of piperidine rings is 2. The van der Waals surface area contributed by atoms with Gasteiger partial charge in [-0.3, -0.25) is 0 Å². The number of likely N-dealkylation sites (tertiary alicyclic amines) is 2. The molecule has 1 aromatic carbocycles. The maximum absolute atomic E-state index is 12.8. The van der Waals surface area contributed by atoms with Crippen LogP contribution >= 0.6 is 0 Å². The Morgan fingerprint density at radius 1 is 1.28 bits per heavy atom. The molecule has 2 saturated heterocycles. The van der Waals surface area contributed by atoms with E-state index in [0.717, 1.165) is 45.3 Å². The molecule has 0 bridgehead atoms. The molecular formula is C20H31N3O2. The maximum atomic E-state index is 12.8. The van der Waals surface area contributed by atoms with E-state index in [0.29, 0.717) is 17.7 Å². The standard InChI is InChI=1S/C20H31N3O2/c1-15(5-6-16-7-9-18(24)10-8-16)21-20(25)23-12-3-4-17-14-22(2)13-11-19(17)23/h7-10,15,17,19,24H,3-6,11-14H2,1-2H3,(H,21,25)/t15-,17+,19-/m1/s1. The number of nitrogens with zero attached hydrogens (tertiary/aromatic N) is 2. The molecule has 5 heteroatoms. The van der Waals surface area contributed by atoms with Crippen LogP contribution in [0.3, 0.4) is 0 Å². The number of benzene rings is 1. The number of urea groups is 1. The van der Waals surface area contributed by atoms with Crippen molar-refractivity contribution in [3.05, 3.63) is 29.8 Å². The molecule has 5 nitrogen and oxygen atoms in total. The van der Waals surface area contributed by atoms with Crippen LogP contribution in [0.5, 0.6) is 5.75 Å². The minimum Gasteiger partial charge on any atom is -0.508 e. The lowest BCUT2D eigenvalue weighted by atomic mass is 9.84. The van der Waals surface area contributed by atoms with Crippen LogP contribution in [0.15, 0.2) is 24.3 Å². The number of aryl methyl sites for hydroxylation is 1. The van der Waals surface area contributed by atoms with E-state index < -0.39 is 0 Å². The molecule has 3 rings (SSSR count). The molecule has 2 N–H and O–H groups in total. The van der Waals surface area contributed by atoms with E-state index in [-0.39, 0.29) is 12.1 Å². The average molecular weight is 345 g/mol. The van der Waals surface area contributed by atoms with Crippen molar-refractivity contribution < 1.29 is 9.90 Å². The number of phenolic OH excluding ortho intramolecular Hbond substituents is 1. The third-order valence-corrected chi connectivity index (χ3v) is 5.70. The monoisotopic (exact) mass is 345 g/mol. The second-order valence-electron chi connectivity index (χ2n) is 7.77. The van der Waals surface area contributed by atoms with Gasteiger partial charge in [0.1, 0.15) is 5.75 Å². The lowest BCUT2D eigenvalue weighted by molar-refractivity contribution is 0.0525. The third-order valence-electron chi connectivity index (χ3n) is 5.70. The van der Waals surface area contributed by atoms with Gasteiger partial charge in [-0.05, 0) is 76.2 Å². The second kappa shape index (κ2) is 8.09. The SMILES string of the molecule is C[C@H](CCc1ccc(O)cc1)NC(=O)N1CCC[C@H]2CN(C)CC[C@H]21. The minimum absolute atomic E-state index is 0.109. The smallest absolute Gasteiger partial charge is 0.317 e. The first kappa shape index (κ1) is 18.1.